The third-order valence-corrected chi connectivity index (χ3v) is 4.50. The molecule has 0 aromatic heterocycles. The normalized spacial score (nSPS) is 11.4. The molecule has 0 heterocycles. The molecule has 0 amide bonds. The quantitative estimate of drug-likeness (QED) is 0.851. The van der Waals surface area contributed by atoms with Gasteiger partial charge in [-0.3, -0.25) is 4.72 Å². The average Bonchev–Trinajstić information content (AvgIpc) is 2.38. The Kier molecular flexibility index (Phi) is 4.85. The molecule has 6 heteroatoms. The summed E-state index contributed by atoms with van der Waals surface area (Å²) < 4.78 is 40.1. The van der Waals surface area contributed by atoms with Crippen molar-refractivity contribution in [2.24, 2.45) is 0 Å². The van der Waals surface area contributed by atoms with E-state index in [1.165, 1.54) is 18.2 Å². The zero-order valence-electron chi connectivity index (χ0n) is 11.4. The van der Waals surface area contributed by atoms with E-state index in [1.807, 2.05) is 0 Å². The summed E-state index contributed by atoms with van der Waals surface area (Å²) in [5.74, 6) is -0.00225. The second kappa shape index (κ2) is 6.45. The van der Waals surface area contributed by atoms with E-state index < -0.39 is 15.8 Å². The van der Waals surface area contributed by atoms with Crippen LogP contribution < -0.4 is 4.72 Å². The molecule has 3 nitrogen and oxygen atoms in total. The van der Waals surface area contributed by atoms with Crippen molar-refractivity contribution in [3.63, 3.8) is 0 Å². The number of halogens is 2. The first-order valence-electron chi connectivity index (χ1n) is 6.35. The minimum absolute atomic E-state index is 0.128. The first-order valence-corrected chi connectivity index (χ1v) is 8.37. The minimum Gasteiger partial charge on any atom is -0.280 e. The van der Waals surface area contributed by atoms with Crippen molar-refractivity contribution < 1.29 is 12.8 Å². The van der Waals surface area contributed by atoms with Crippen molar-refractivity contribution >= 4 is 27.3 Å². The van der Waals surface area contributed by atoms with Gasteiger partial charge in [-0.05, 0) is 54.8 Å². The first kappa shape index (κ1) is 15.8. The SMILES string of the molecule is Cc1cc(F)cc(NS(=O)(=O)c2ccc(CCCl)cc2)c1. The lowest BCUT2D eigenvalue weighted by Gasteiger charge is -2.09. The van der Waals surface area contributed by atoms with E-state index in [9.17, 15) is 12.8 Å². The van der Waals surface area contributed by atoms with Gasteiger partial charge in [-0.1, -0.05) is 12.1 Å². The molecule has 0 spiro atoms. The molecule has 2 aromatic rings. The van der Waals surface area contributed by atoms with Crippen LogP contribution >= 0.6 is 11.6 Å². The van der Waals surface area contributed by atoms with Crippen LogP contribution in [0.2, 0.25) is 0 Å². The molecule has 0 bridgehead atoms. The number of sulfonamides is 1. The Balaban J connectivity index is 2.25. The van der Waals surface area contributed by atoms with Gasteiger partial charge in [0, 0.05) is 5.88 Å². The van der Waals surface area contributed by atoms with Crippen LogP contribution in [0, 0.1) is 12.7 Å². The molecule has 112 valence electrons. The molecule has 0 saturated carbocycles. The zero-order valence-corrected chi connectivity index (χ0v) is 13.0. The molecule has 0 fully saturated rings. The highest BCUT2D eigenvalue weighted by Gasteiger charge is 2.14. The summed E-state index contributed by atoms with van der Waals surface area (Å²) in [4.78, 5) is 0.128. The van der Waals surface area contributed by atoms with Crippen molar-refractivity contribution in [3.05, 3.63) is 59.4 Å². The number of nitrogens with one attached hydrogen (secondary N) is 1. The number of hydrogen-bond donors (Lipinski definition) is 1. The van der Waals surface area contributed by atoms with Gasteiger partial charge in [0.15, 0.2) is 0 Å². The molecular formula is C15H15ClFNO2S. The van der Waals surface area contributed by atoms with Crippen LogP contribution in [-0.4, -0.2) is 14.3 Å². The number of benzene rings is 2. The van der Waals surface area contributed by atoms with Crippen molar-refractivity contribution in [2.75, 3.05) is 10.6 Å². The van der Waals surface area contributed by atoms with Gasteiger partial charge in [0.25, 0.3) is 10.0 Å². The smallest absolute Gasteiger partial charge is 0.261 e. The highest BCUT2D eigenvalue weighted by Crippen LogP contribution is 2.19. The Morgan fingerprint density at radius 1 is 1.14 bits per heavy atom. The van der Waals surface area contributed by atoms with Crippen molar-refractivity contribution in [1.29, 1.82) is 0 Å². The molecule has 0 aliphatic carbocycles. The van der Waals surface area contributed by atoms with E-state index in [0.717, 1.165) is 11.6 Å². The summed E-state index contributed by atoms with van der Waals surface area (Å²) >= 11 is 5.64. The molecule has 0 aliphatic rings. The molecule has 0 radical (unpaired) electrons. The molecule has 0 aliphatic heterocycles. The fourth-order valence-corrected chi connectivity index (χ4v) is 3.21. The zero-order chi connectivity index (χ0) is 15.5. The van der Waals surface area contributed by atoms with Gasteiger partial charge < -0.3 is 0 Å². The maximum absolute atomic E-state index is 13.3. The minimum atomic E-state index is -3.73. The maximum Gasteiger partial charge on any atom is 0.261 e. The number of rotatable bonds is 5. The highest BCUT2D eigenvalue weighted by atomic mass is 35.5. The largest absolute Gasteiger partial charge is 0.280 e. The lowest BCUT2D eigenvalue weighted by molar-refractivity contribution is 0.601. The maximum atomic E-state index is 13.3. The van der Waals surface area contributed by atoms with E-state index in [0.29, 0.717) is 17.9 Å². The standard InChI is InChI=1S/C15H15ClFNO2S/c1-11-8-13(17)10-14(9-11)18-21(19,20)15-4-2-12(3-5-15)6-7-16/h2-5,8-10,18H,6-7H2,1H3. The number of anilines is 1. The van der Waals surface area contributed by atoms with Gasteiger partial charge >= 0.3 is 0 Å². The molecule has 1 N–H and O–H groups in total. The topological polar surface area (TPSA) is 46.2 Å². The van der Waals surface area contributed by atoms with Gasteiger partial charge in [-0.2, -0.15) is 0 Å². The van der Waals surface area contributed by atoms with Crippen LogP contribution in [0.1, 0.15) is 11.1 Å². The molecule has 21 heavy (non-hydrogen) atoms. The molecule has 2 rings (SSSR count). The van der Waals surface area contributed by atoms with Gasteiger partial charge in [0.2, 0.25) is 0 Å². The Morgan fingerprint density at radius 2 is 1.81 bits per heavy atom. The fraction of sp³-hybridized carbons (Fsp3) is 0.200. The van der Waals surface area contributed by atoms with Crippen molar-refractivity contribution in [1.82, 2.24) is 0 Å². The predicted molar refractivity (Wildman–Crippen MR) is 82.8 cm³/mol. The van der Waals surface area contributed by atoms with Gasteiger partial charge in [0.05, 0.1) is 10.6 Å². The Bertz CT molecular complexity index is 710. The van der Waals surface area contributed by atoms with Crippen molar-refractivity contribution in [2.45, 2.75) is 18.2 Å². The fourth-order valence-electron chi connectivity index (χ4n) is 1.95. The van der Waals surface area contributed by atoms with Crippen LogP contribution in [0.3, 0.4) is 0 Å². The molecule has 0 atom stereocenters. The van der Waals surface area contributed by atoms with Gasteiger partial charge in [-0.25, -0.2) is 12.8 Å². The summed E-state index contributed by atoms with van der Waals surface area (Å²) in [7, 11) is -3.73. The predicted octanol–water partition coefficient (Wildman–Crippen LogP) is 3.72. The Labute approximate surface area is 128 Å². The van der Waals surface area contributed by atoms with Crippen LogP contribution in [-0.2, 0) is 16.4 Å². The summed E-state index contributed by atoms with van der Waals surface area (Å²) in [5, 5.41) is 0. The summed E-state index contributed by atoms with van der Waals surface area (Å²) in [6, 6.07) is 10.5. The Hall–Kier alpha value is -1.59. The lowest BCUT2D eigenvalue weighted by atomic mass is 10.2. The van der Waals surface area contributed by atoms with Crippen LogP contribution in [0.25, 0.3) is 0 Å². The van der Waals surface area contributed by atoms with E-state index >= 15 is 0 Å². The lowest BCUT2D eigenvalue weighted by Crippen LogP contribution is -2.13. The van der Waals surface area contributed by atoms with Gasteiger partial charge in [-0.15, -0.1) is 11.6 Å². The summed E-state index contributed by atoms with van der Waals surface area (Å²) in [6.07, 6.45) is 0.679. The molecule has 0 unspecified atom stereocenters. The number of hydrogen-bond acceptors (Lipinski definition) is 2. The van der Waals surface area contributed by atoms with E-state index in [-0.39, 0.29) is 10.6 Å². The van der Waals surface area contributed by atoms with E-state index in [2.05, 4.69) is 4.72 Å². The third-order valence-electron chi connectivity index (χ3n) is 2.91. The first-order chi connectivity index (χ1) is 9.90. The molecular weight excluding hydrogens is 313 g/mol. The monoisotopic (exact) mass is 327 g/mol. The molecule has 2 aromatic carbocycles. The highest BCUT2D eigenvalue weighted by molar-refractivity contribution is 7.92. The summed E-state index contributed by atoms with van der Waals surface area (Å²) in [6.45, 7) is 1.70. The van der Waals surface area contributed by atoms with Gasteiger partial charge in [0.1, 0.15) is 5.82 Å². The number of alkyl halides is 1. The second-order valence-corrected chi connectivity index (χ2v) is 6.77. The second-order valence-electron chi connectivity index (χ2n) is 4.71. The van der Waals surface area contributed by atoms with E-state index in [1.54, 1.807) is 25.1 Å². The van der Waals surface area contributed by atoms with Crippen LogP contribution in [0.4, 0.5) is 10.1 Å². The average molecular weight is 328 g/mol. The van der Waals surface area contributed by atoms with E-state index in [4.69, 9.17) is 11.6 Å². The summed E-state index contributed by atoms with van der Waals surface area (Å²) in [5.41, 5.74) is 1.81. The van der Waals surface area contributed by atoms with Crippen LogP contribution in [0.15, 0.2) is 47.4 Å². The van der Waals surface area contributed by atoms with Crippen LogP contribution in [0.5, 0.6) is 0 Å². The van der Waals surface area contributed by atoms with Crippen molar-refractivity contribution in [3.8, 4) is 0 Å². The third kappa shape index (κ3) is 4.19. The number of aryl methyl sites for hydroxylation is 2. The molecule has 0 saturated heterocycles. The Morgan fingerprint density at radius 3 is 2.38 bits per heavy atom.